The number of carbonyl (C=O) groups excluding carboxylic acids is 2. The average molecular weight is 371 g/mol. The molecule has 0 spiro atoms. The molecule has 7 nitrogen and oxygen atoms in total. The lowest BCUT2D eigenvalue weighted by atomic mass is 10.2. The number of nitrogens with zero attached hydrogens (tertiary/aromatic N) is 5. The summed E-state index contributed by atoms with van der Waals surface area (Å²) in [6.45, 7) is 4.12. The molecule has 0 unspecified atom stereocenters. The number of halogens is 1. The molecular formula is C19H22FN5O2. The van der Waals surface area contributed by atoms with Crippen molar-refractivity contribution in [1.29, 1.82) is 0 Å². The van der Waals surface area contributed by atoms with Crippen molar-refractivity contribution in [2.24, 2.45) is 0 Å². The van der Waals surface area contributed by atoms with Gasteiger partial charge in [-0.05, 0) is 23.8 Å². The normalized spacial score (nSPS) is 14.1. The van der Waals surface area contributed by atoms with E-state index in [1.807, 2.05) is 4.90 Å². The number of hydrogen-bond donors (Lipinski definition) is 0. The molecule has 2 heterocycles. The van der Waals surface area contributed by atoms with Crippen molar-refractivity contribution in [2.45, 2.75) is 13.5 Å². The fourth-order valence-corrected chi connectivity index (χ4v) is 2.96. The minimum absolute atomic E-state index is 0.00848. The maximum Gasteiger partial charge on any atom is 0.242 e. The van der Waals surface area contributed by atoms with E-state index in [0.717, 1.165) is 5.56 Å². The number of anilines is 1. The topological polar surface area (TPSA) is 69.6 Å². The van der Waals surface area contributed by atoms with Gasteiger partial charge in [0.25, 0.3) is 0 Å². The fourth-order valence-electron chi connectivity index (χ4n) is 2.96. The van der Waals surface area contributed by atoms with Crippen molar-refractivity contribution in [2.75, 3.05) is 37.6 Å². The van der Waals surface area contributed by atoms with Crippen LogP contribution in [0.1, 0.15) is 12.5 Å². The first-order valence-electron chi connectivity index (χ1n) is 8.82. The van der Waals surface area contributed by atoms with E-state index in [1.165, 1.54) is 24.0 Å². The summed E-state index contributed by atoms with van der Waals surface area (Å²) in [6, 6.07) is 7.70. The Morgan fingerprint density at radius 3 is 2.30 bits per heavy atom. The van der Waals surface area contributed by atoms with E-state index in [2.05, 4.69) is 9.97 Å². The molecule has 0 bridgehead atoms. The Hall–Kier alpha value is -3.03. The second-order valence-electron chi connectivity index (χ2n) is 6.42. The van der Waals surface area contributed by atoms with Crippen molar-refractivity contribution in [3.05, 3.63) is 54.1 Å². The molecule has 1 aliphatic heterocycles. The van der Waals surface area contributed by atoms with Gasteiger partial charge in [-0.2, -0.15) is 0 Å². The first kappa shape index (κ1) is 18.8. The third kappa shape index (κ3) is 4.99. The Morgan fingerprint density at radius 2 is 1.70 bits per heavy atom. The van der Waals surface area contributed by atoms with Crippen LogP contribution in [0.3, 0.4) is 0 Å². The number of rotatable bonds is 5. The summed E-state index contributed by atoms with van der Waals surface area (Å²) in [5.41, 5.74) is 0.783. The summed E-state index contributed by atoms with van der Waals surface area (Å²) >= 11 is 0. The molecule has 0 atom stereocenters. The quantitative estimate of drug-likeness (QED) is 0.793. The Kier molecular flexibility index (Phi) is 5.95. The number of hydrogen-bond acceptors (Lipinski definition) is 5. The van der Waals surface area contributed by atoms with Gasteiger partial charge in [0.1, 0.15) is 12.4 Å². The highest BCUT2D eigenvalue weighted by Crippen LogP contribution is 2.11. The molecule has 2 amide bonds. The summed E-state index contributed by atoms with van der Waals surface area (Å²) in [7, 11) is 0. The van der Waals surface area contributed by atoms with Gasteiger partial charge in [0.2, 0.25) is 17.8 Å². The molecular weight excluding hydrogens is 349 g/mol. The van der Waals surface area contributed by atoms with Crippen LogP contribution in [0.25, 0.3) is 0 Å². The smallest absolute Gasteiger partial charge is 0.242 e. The molecule has 1 aromatic heterocycles. The van der Waals surface area contributed by atoms with Crippen LogP contribution in [0.4, 0.5) is 10.3 Å². The van der Waals surface area contributed by atoms with Gasteiger partial charge in [-0.25, -0.2) is 14.4 Å². The number of aromatic nitrogens is 2. The molecule has 142 valence electrons. The molecule has 8 heteroatoms. The van der Waals surface area contributed by atoms with Crippen LogP contribution in [-0.4, -0.2) is 64.3 Å². The van der Waals surface area contributed by atoms with E-state index in [4.69, 9.17) is 0 Å². The predicted octanol–water partition coefficient (Wildman–Crippen LogP) is 1.31. The largest absolute Gasteiger partial charge is 0.338 e. The Balaban J connectivity index is 1.55. The molecule has 2 aromatic rings. The van der Waals surface area contributed by atoms with E-state index in [-0.39, 0.29) is 30.7 Å². The second kappa shape index (κ2) is 8.57. The van der Waals surface area contributed by atoms with Crippen LogP contribution in [0.2, 0.25) is 0 Å². The number of carbonyl (C=O) groups is 2. The lowest BCUT2D eigenvalue weighted by Crippen LogP contribution is -2.52. The Labute approximate surface area is 157 Å². The minimum atomic E-state index is -0.329. The Morgan fingerprint density at radius 1 is 1.07 bits per heavy atom. The van der Waals surface area contributed by atoms with Gasteiger partial charge >= 0.3 is 0 Å². The monoisotopic (exact) mass is 371 g/mol. The fraction of sp³-hybridized carbons (Fsp3) is 0.368. The summed E-state index contributed by atoms with van der Waals surface area (Å²) in [4.78, 5) is 38.3. The first-order valence-corrected chi connectivity index (χ1v) is 8.82. The lowest BCUT2D eigenvalue weighted by Gasteiger charge is -2.35. The van der Waals surface area contributed by atoms with Gasteiger partial charge in [-0.3, -0.25) is 9.59 Å². The zero-order valence-corrected chi connectivity index (χ0v) is 15.2. The van der Waals surface area contributed by atoms with Crippen LogP contribution in [0, 0.1) is 5.82 Å². The summed E-state index contributed by atoms with van der Waals surface area (Å²) in [6.07, 6.45) is 3.39. The van der Waals surface area contributed by atoms with Crippen molar-refractivity contribution in [1.82, 2.24) is 19.8 Å². The van der Waals surface area contributed by atoms with E-state index in [1.54, 1.807) is 35.5 Å². The van der Waals surface area contributed by atoms with Crippen molar-refractivity contribution in [3.63, 3.8) is 0 Å². The second-order valence-corrected chi connectivity index (χ2v) is 6.42. The van der Waals surface area contributed by atoms with Crippen LogP contribution >= 0.6 is 0 Å². The van der Waals surface area contributed by atoms with Crippen molar-refractivity contribution >= 4 is 17.8 Å². The predicted molar refractivity (Wildman–Crippen MR) is 98.3 cm³/mol. The van der Waals surface area contributed by atoms with Gasteiger partial charge in [-0.1, -0.05) is 12.1 Å². The van der Waals surface area contributed by atoms with Crippen LogP contribution < -0.4 is 4.90 Å². The zero-order chi connectivity index (χ0) is 19.2. The molecule has 0 radical (unpaired) electrons. The third-order valence-electron chi connectivity index (χ3n) is 4.53. The molecule has 1 aliphatic rings. The maximum atomic E-state index is 13.0. The molecule has 27 heavy (non-hydrogen) atoms. The molecule has 0 saturated carbocycles. The van der Waals surface area contributed by atoms with Crippen LogP contribution in [0.15, 0.2) is 42.7 Å². The van der Waals surface area contributed by atoms with Gasteiger partial charge < -0.3 is 14.7 Å². The molecule has 1 aromatic carbocycles. The van der Waals surface area contributed by atoms with Crippen molar-refractivity contribution < 1.29 is 14.0 Å². The lowest BCUT2D eigenvalue weighted by molar-refractivity contribution is -0.140. The Bertz CT molecular complexity index is 776. The summed E-state index contributed by atoms with van der Waals surface area (Å²) < 4.78 is 13.0. The molecule has 1 saturated heterocycles. The third-order valence-corrected chi connectivity index (χ3v) is 4.53. The van der Waals surface area contributed by atoms with Crippen LogP contribution in [0.5, 0.6) is 0 Å². The summed E-state index contributed by atoms with van der Waals surface area (Å²) in [5.74, 6) is 0.0423. The number of amides is 2. The first-order chi connectivity index (χ1) is 13.0. The highest BCUT2D eigenvalue weighted by atomic mass is 19.1. The van der Waals surface area contributed by atoms with Crippen molar-refractivity contribution in [3.8, 4) is 0 Å². The van der Waals surface area contributed by atoms with Gasteiger partial charge in [0, 0.05) is 52.0 Å². The van der Waals surface area contributed by atoms with E-state index < -0.39 is 0 Å². The standard InChI is InChI=1S/C19H22FN5O2/c1-15(26)25(13-16-3-5-17(20)6-4-16)14-18(27)23-9-11-24(12-10-23)19-21-7-2-8-22-19/h2-8H,9-14H2,1H3. The molecule has 1 fully saturated rings. The van der Waals surface area contributed by atoms with Gasteiger partial charge in [0.15, 0.2) is 0 Å². The van der Waals surface area contributed by atoms with Gasteiger partial charge in [-0.15, -0.1) is 0 Å². The molecule has 3 rings (SSSR count). The SMILES string of the molecule is CC(=O)N(CC(=O)N1CCN(c2ncccn2)CC1)Cc1ccc(F)cc1. The van der Waals surface area contributed by atoms with E-state index >= 15 is 0 Å². The number of benzene rings is 1. The minimum Gasteiger partial charge on any atom is -0.338 e. The maximum absolute atomic E-state index is 13.0. The van der Waals surface area contributed by atoms with Crippen LogP contribution in [-0.2, 0) is 16.1 Å². The van der Waals surface area contributed by atoms with E-state index in [0.29, 0.717) is 32.1 Å². The highest BCUT2D eigenvalue weighted by molar-refractivity contribution is 5.84. The van der Waals surface area contributed by atoms with E-state index in [9.17, 15) is 14.0 Å². The summed E-state index contributed by atoms with van der Waals surface area (Å²) in [5, 5.41) is 0. The zero-order valence-electron chi connectivity index (χ0n) is 15.2. The number of piperazine rings is 1. The highest BCUT2D eigenvalue weighted by Gasteiger charge is 2.24. The van der Waals surface area contributed by atoms with Gasteiger partial charge in [0.05, 0.1) is 0 Å². The molecule has 0 N–H and O–H groups in total. The molecule has 0 aliphatic carbocycles. The average Bonchev–Trinajstić information content (AvgIpc) is 2.69.